The summed E-state index contributed by atoms with van der Waals surface area (Å²) in [5, 5.41) is 0. The summed E-state index contributed by atoms with van der Waals surface area (Å²) in [5.74, 6) is -0.783. The zero-order valence-corrected chi connectivity index (χ0v) is 12.1. The van der Waals surface area contributed by atoms with Gasteiger partial charge in [-0.05, 0) is 46.8 Å². The van der Waals surface area contributed by atoms with Crippen LogP contribution in [0.15, 0.2) is 16.6 Å². The van der Waals surface area contributed by atoms with Gasteiger partial charge in [-0.3, -0.25) is 4.79 Å². The third kappa shape index (κ3) is 2.74. The average Bonchev–Trinajstić information content (AvgIpc) is 2.42. The number of amides is 1. The largest absolute Gasteiger partial charge is 0.368 e. The van der Waals surface area contributed by atoms with Crippen LogP contribution in [-0.4, -0.2) is 18.5 Å². The molecule has 0 saturated carbocycles. The van der Waals surface area contributed by atoms with E-state index in [0.717, 1.165) is 12.8 Å². The molecule has 1 aromatic rings. The zero-order valence-electron chi connectivity index (χ0n) is 10.5. The van der Waals surface area contributed by atoms with Gasteiger partial charge in [-0.15, -0.1) is 0 Å². The van der Waals surface area contributed by atoms with Crippen LogP contribution in [0.1, 0.15) is 24.8 Å². The Balaban J connectivity index is 2.39. The summed E-state index contributed by atoms with van der Waals surface area (Å²) in [6.45, 7) is 0.899. The average molecular weight is 330 g/mol. The molecular formula is C13H17BrFN3O. The Bertz CT molecular complexity index is 495. The second-order valence-corrected chi connectivity index (χ2v) is 5.48. The molecule has 4 nitrogen and oxygen atoms in total. The predicted octanol–water partition coefficient (Wildman–Crippen LogP) is 1.89. The first-order valence-corrected chi connectivity index (χ1v) is 7.08. The number of piperidine rings is 1. The van der Waals surface area contributed by atoms with Crippen LogP contribution in [0.25, 0.3) is 0 Å². The number of nitrogens with zero attached hydrogens (tertiary/aromatic N) is 1. The van der Waals surface area contributed by atoms with Crippen molar-refractivity contribution in [1.82, 2.24) is 0 Å². The summed E-state index contributed by atoms with van der Waals surface area (Å²) in [6, 6.07) is 3.01. The molecule has 0 radical (unpaired) electrons. The van der Waals surface area contributed by atoms with Gasteiger partial charge in [0.2, 0.25) is 5.91 Å². The normalized spacial score (nSPS) is 19.5. The second kappa shape index (κ2) is 5.88. The van der Waals surface area contributed by atoms with Crippen molar-refractivity contribution in [3.63, 3.8) is 0 Å². The van der Waals surface area contributed by atoms with E-state index in [9.17, 15) is 9.18 Å². The van der Waals surface area contributed by atoms with E-state index in [-0.39, 0.29) is 12.4 Å². The summed E-state index contributed by atoms with van der Waals surface area (Å²) < 4.78 is 14.7. The van der Waals surface area contributed by atoms with Crippen LogP contribution in [0.2, 0.25) is 0 Å². The maximum Gasteiger partial charge on any atom is 0.240 e. The van der Waals surface area contributed by atoms with Crippen molar-refractivity contribution >= 4 is 27.5 Å². The Hall–Kier alpha value is -1.14. The monoisotopic (exact) mass is 329 g/mol. The molecule has 1 fully saturated rings. The summed E-state index contributed by atoms with van der Waals surface area (Å²) >= 11 is 3.22. The minimum Gasteiger partial charge on any atom is -0.368 e. The van der Waals surface area contributed by atoms with Crippen LogP contribution in [0.3, 0.4) is 0 Å². The van der Waals surface area contributed by atoms with Crippen molar-refractivity contribution in [2.24, 2.45) is 11.5 Å². The number of carbonyl (C=O) groups is 1. The Morgan fingerprint density at radius 3 is 2.84 bits per heavy atom. The fourth-order valence-corrected chi connectivity index (χ4v) is 2.97. The van der Waals surface area contributed by atoms with Crippen molar-refractivity contribution in [1.29, 1.82) is 0 Å². The third-order valence-electron chi connectivity index (χ3n) is 3.50. The smallest absolute Gasteiger partial charge is 0.240 e. The number of benzene rings is 1. The summed E-state index contributed by atoms with van der Waals surface area (Å²) in [4.78, 5) is 13.2. The predicted molar refractivity (Wildman–Crippen MR) is 76.2 cm³/mol. The third-order valence-corrected chi connectivity index (χ3v) is 4.36. The molecule has 1 unspecified atom stereocenters. The first-order valence-electron chi connectivity index (χ1n) is 6.29. The van der Waals surface area contributed by atoms with Gasteiger partial charge in [-0.25, -0.2) is 4.39 Å². The molecule has 1 saturated heterocycles. The van der Waals surface area contributed by atoms with Gasteiger partial charge in [0.05, 0.1) is 10.2 Å². The van der Waals surface area contributed by atoms with E-state index in [2.05, 4.69) is 15.9 Å². The molecule has 19 heavy (non-hydrogen) atoms. The SMILES string of the molecule is NCc1ccc(N2CCCCC2C(N)=O)c(F)c1Br. The topological polar surface area (TPSA) is 72.3 Å². The van der Waals surface area contributed by atoms with Crippen LogP contribution >= 0.6 is 15.9 Å². The number of rotatable bonds is 3. The van der Waals surface area contributed by atoms with Gasteiger partial charge in [0.25, 0.3) is 0 Å². The minimum atomic E-state index is -0.432. The summed E-state index contributed by atoms with van der Waals surface area (Å²) in [6.07, 6.45) is 2.54. The molecule has 1 amide bonds. The fourth-order valence-electron chi connectivity index (χ4n) is 2.47. The molecule has 1 atom stereocenters. The van der Waals surface area contributed by atoms with E-state index >= 15 is 0 Å². The molecule has 1 heterocycles. The van der Waals surface area contributed by atoms with Gasteiger partial charge in [-0.2, -0.15) is 0 Å². The maximum absolute atomic E-state index is 14.4. The highest BCUT2D eigenvalue weighted by atomic mass is 79.9. The Labute approximate surface area is 120 Å². The number of halogens is 2. The first-order chi connectivity index (χ1) is 9.06. The van der Waals surface area contributed by atoms with E-state index < -0.39 is 11.9 Å². The lowest BCUT2D eigenvalue weighted by Gasteiger charge is -2.36. The standard InChI is InChI=1S/C13H17BrFN3O/c14-11-8(7-16)4-5-9(12(11)15)18-6-2-1-3-10(18)13(17)19/h4-5,10H,1-3,6-7,16H2,(H2,17,19). The lowest BCUT2D eigenvalue weighted by molar-refractivity contribution is -0.119. The van der Waals surface area contributed by atoms with Gasteiger partial charge in [-0.1, -0.05) is 6.07 Å². The number of primary amides is 1. The maximum atomic E-state index is 14.4. The van der Waals surface area contributed by atoms with Crippen LogP contribution in [-0.2, 0) is 11.3 Å². The quantitative estimate of drug-likeness (QED) is 0.889. The number of nitrogens with two attached hydrogens (primary N) is 2. The highest BCUT2D eigenvalue weighted by Crippen LogP contribution is 2.32. The number of hydrogen-bond acceptors (Lipinski definition) is 3. The lowest BCUT2D eigenvalue weighted by Crippen LogP contribution is -2.48. The molecule has 0 spiro atoms. The van der Waals surface area contributed by atoms with E-state index in [1.807, 2.05) is 0 Å². The van der Waals surface area contributed by atoms with E-state index in [0.29, 0.717) is 28.7 Å². The van der Waals surface area contributed by atoms with Crippen LogP contribution in [0, 0.1) is 5.82 Å². The molecule has 2 rings (SSSR count). The van der Waals surface area contributed by atoms with Crippen molar-refractivity contribution in [2.75, 3.05) is 11.4 Å². The Morgan fingerprint density at radius 1 is 1.47 bits per heavy atom. The number of carbonyl (C=O) groups excluding carboxylic acids is 1. The molecule has 4 N–H and O–H groups in total. The molecule has 1 aliphatic heterocycles. The molecule has 1 aromatic carbocycles. The number of hydrogen-bond donors (Lipinski definition) is 2. The Morgan fingerprint density at radius 2 is 2.21 bits per heavy atom. The zero-order chi connectivity index (χ0) is 14.0. The molecule has 0 aromatic heterocycles. The van der Waals surface area contributed by atoms with Crippen LogP contribution in [0.4, 0.5) is 10.1 Å². The molecule has 0 aliphatic carbocycles. The number of anilines is 1. The van der Waals surface area contributed by atoms with E-state index in [1.165, 1.54) is 0 Å². The first kappa shape index (κ1) is 14.3. The van der Waals surface area contributed by atoms with Crippen LogP contribution < -0.4 is 16.4 Å². The Kier molecular flexibility index (Phi) is 4.42. The molecule has 1 aliphatic rings. The van der Waals surface area contributed by atoms with Gasteiger partial charge in [0.1, 0.15) is 6.04 Å². The van der Waals surface area contributed by atoms with Crippen molar-refractivity contribution in [3.8, 4) is 0 Å². The molecular weight excluding hydrogens is 313 g/mol. The van der Waals surface area contributed by atoms with Crippen molar-refractivity contribution in [2.45, 2.75) is 31.8 Å². The van der Waals surface area contributed by atoms with Crippen molar-refractivity contribution in [3.05, 3.63) is 28.0 Å². The van der Waals surface area contributed by atoms with Gasteiger partial charge < -0.3 is 16.4 Å². The van der Waals surface area contributed by atoms with E-state index in [1.54, 1.807) is 17.0 Å². The second-order valence-electron chi connectivity index (χ2n) is 4.68. The summed E-state index contributed by atoms with van der Waals surface area (Å²) in [7, 11) is 0. The van der Waals surface area contributed by atoms with Gasteiger partial charge >= 0.3 is 0 Å². The highest BCUT2D eigenvalue weighted by Gasteiger charge is 2.29. The van der Waals surface area contributed by atoms with Crippen LogP contribution in [0.5, 0.6) is 0 Å². The highest BCUT2D eigenvalue weighted by molar-refractivity contribution is 9.10. The molecule has 6 heteroatoms. The summed E-state index contributed by atoms with van der Waals surface area (Å²) in [5.41, 5.74) is 12.1. The fraction of sp³-hybridized carbons (Fsp3) is 0.462. The minimum absolute atomic E-state index is 0.261. The van der Waals surface area contributed by atoms with E-state index in [4.69, 9.17) is 11.5 Å². The van der Waals surface area contributed by atoms with Gasteiger partial charge in [0.15, 0.2) is 5.82 Å². The molecule has 104 valence electrons. The van der Waals surface area contributed by atoms with Gasteiger partial charge in [0, 0.05) is 13.1 Å². The lowest BCUT2D eigenvalue weighted by atomic mass is 10.00. The van der Waals surface area contributed by atoms with Crippen molar-refractivity contribution < 1.29 is 9.18 Å². The molecule has 0 bridgehead atoms.